The Morgan fingerprint density at radius 2 is 1.37 bits per heavy atom. The lowest BCUT2D eigenvalue weighted by atomic mass is 9.87. The molecule has 0 aliphatic rings. The fourth-order valence-electron chi connectivity index (χ4n) is 5.82. The molecule has 21 heteroatoms. The number of benzene rings is 1. The molecule has 0 saturated heterocycles. The van der Waals surface area contributed by atoms with Gasteiger partial charge in [0.15, 0.2) is 11.6 Å². The Morgan fingerprint density at radius 3 is 1.97 bits per heavy atom. The second-order valence-corrected chi connectivity index (χ2v) is 13.7. The first-order valence-electron chi connectivity index (χ1n) is 18.1. The van der Waals surface area contributed by atoms with Crippen molar-refractivity contribution in [3.05, 3.63) is 40.2 Å². The maximum absolute atomic E-state index is 13.6. The van der Waals surface area contributed by atoms with Crippen molar-refractivity contribution in [2.45, 2.75) is 83.5 Å². The van der Waals surface area contributed by atoms with Crippen molar-refractivity contribution in [1.82, 2.24) is 16.0 Å². The van der Waals surface area contributed by atoms with E-state index in [-0.39, 0.29) is 36.3 Å². The van der Waals surface area contributed by atoms with Crippen molar-refractivity contribution in [2.75, 3.05) is 27.9 Å². The van der Waals surface area contributed by atoms with E-state index in [4.69, 9.17) is 4.42 Å². The number of rotatable bonds is 23. The van der Waals surface area contributed by atoms with Crippen LogP contribution in [0.5, 0.6) is 5.75 Å². The number of phenols is 1. The number of methoxy groups -OCH3 is 3. The molecular weight excluding hydrogens is 795 g/mol. The summed E-state index contributed by atoms with van der Waals surface area (Å²) in [6.45, 7) is 2.59. The molecule has 0 aliphatic carbocycles. The zero-order valence-corrected chi connectivity index (χ0v) is 32.9. The van der Waals surface area contributed by atoms with Gasteiger partial charge in [-0.2, -0.15) is 13.2 Å². The predicted molar refractivity (Wildman–Crippen MR) is 196 cm³/mol. The van der Waals surface area contributed by atoms with Crippen LogP contribution in [-0.4, -0.2) is 104 Å². The summed E-state index contributed by atoms with van der Waals surface area (Å²) in [7, 11) is 2.95. The fourth-order valence-corrected chi connectivity index (χ4v) is 5.82. The first-order chi connectivity index (χ1) is 27.6. The van der Waals surface area contributed by atoms with E-state index in [0.717, 1.165) is 27.4 Å². The van der Waals surface area contributed by atoms with E-state index < -0.39 is 133 Å². The van der Waals surface area contributed by atoms with Crippen LogP contribution < -0.4 is 21.6 Å². The Balaban J connectivity index is 2.21. The molecule has 4 N–H and O–H groups in total. The van der Waals surface area contributed by atoms with Gasteiger partial charge in [-0.3, -0.25) is 43.2 Å². The largest absolute Gasteiger partial charge is 0.508 e. The van der Waals surface area contributed by atoms with Crippen LogP contribution in [0.25, 0.3) is 11.0 Å². The number of phenolic OH excluding ortho intramolecular Hbond substituents is 1. The predicted octanol–water partition coefficient (Wildman–Crippen LogP) is 1.53. The average Bonchev–Trinajstić information content (AvgIpc) is 3.16. The van der Waals surface area contributed by atoms with Crippen molar-refractivity contribution in [1.29, 1.82) is 0 Å². The number of esters is 3. The molecule has 2 rings (SSSR count). The van der Waals surface area contributed by atoms with Gasteiger partial charge in [0.1, 0.15) is 11.3 Å². The van der Waals surface area contributed by atoms with E-state index in [9.17, 15) is 66.2 Å². The first-order valence-corrected chi connectivity index (χ1v) is 18.1. The highest BCUT2D eigenvalue weighted by Gasteiger charge is 2.45. The number of aromatic hydroxyl groups is 1. The Hall–Kier alpha value is -6.15. The molecule has 0 fully saturated rings. The molecule has 59 heavy (non-hydrogen) atoms. The molecule has 2 aromatic rings. The number of carbonyl (C=O) groups is 9. The van der Waals surface area contributed by atoms with Crippen molar-refractivity contribution in [3.8, 4) is 5.75 Å². The maximum atomic E-state index is 13.6. The van der Waals surface area contributed by atoms with Gasteiger partial charge in [0.25, 0.3) is 0 Å². The summed E-state index contributed by atoms with van der Waals surface area (Å²) in [5.74, 6) is -14.3. The first kappa shape index (κ1) is 49.0. The van der Waals surface area contributed by atoms with Crippen LogP contribution in [0.3, 0.4) is 0 Å². The molecule has 3 amide bonds. The topological polar surface area (TPSA) is 268 Å². The molecule has 1 aromatic carbocycles. The van der Waals surface area contributed by atoms with E-state index in [1.54, 1.807) is 0 Å². The molecule has 0 aliphatic heterocycles. The molecule has 3 unspecified atom stereocenters. The number of Topliss-reactive ketones (excluding diaryl/α,β-unsaturated/α-hetero) is 3. The Morgan fingerprint density at radius 1 is 0.763 bits per heavy atom. The molecule has 0 saturated carbocycles. The SMILES string of the molecule is COC(=O)CCC(CC(=O)C(CC(=O)OC)NC(=O)CCNC(=O)Cc1cc(=O)oc2cc(O)ccc12)C(=O)N[C@@H](C(=O)CC(CC(=O)OC)C(=O)C(F)(F)F)C(C)C. The third kappa shape index (κ3) is 16.0. The minimum atomic E-state index is -5.40. The summed E-state index contributed by atoms with van der Waals surface area (Å²) in [5, 5.41) is 17.3. The van der Waals surface area contributed by atoms with Crippen LogP contribution in [0, 0.1) is 17.8 Å². The second-order valence-electron chi connectivity index (χ2n) is 13.7. The summed E-state index contributed by atoms with van der Waals surface area (Å²) in [4.78, 5) is 126. The summed E-state index contributed by atoms with van der Waals surface area (Å²) in [6, 6.07) is 1.94. The van der Waals surface area contributed by atoms with E-state index in [0.29, 0.717) is 5.39 Å². The minimum Gasteiger partial charge on any atom is -0.508 e. The van der Waals surface area contributed by atoms with Gasteiger partial charge in [0, 0.05) is 61.6 Å². The maximum Gasteiger partial charge on any atom is 0.450 e. The molecule has 1 heterocycles. The van der Waals surface area contributed by atoms with E-state index in [2.05, 4.69) is 30.2 Å². The fraction of sp³-hybridized carbons (Fsp3) is 0.526. The van der Waals surface area contributed by atoms with Crippen molar-refractivity contribution in [2.24, 2.45) is 17.8 Å². The number of hydrogen-bond acceptors (Lipinski definition) is 15. The Bertz CT molecular complexity index is 1960. The molecule has 0 bridgehead atoms. The van der Waals surface area contributed by atoms with E-state index >= 15 is 0 Å². The Kier molecular flexibility index (Phi) is 18.9. The molecule has 324 valence electrons. The smallest absolute Gasteiger partial charge is 0.450 e. The number of halogens is 3. The van der Waals surface area contributed by atoms with Crippen molar-refractivity contribution < 1.29 is 80.1 Å². The van der Waals surface area contributed by atoms with Gasteiger partial charge in [-0.05, 0) is 30.0 Å². The lowest BCUT2D eigenvalue weighted by Crippen LogP contribution is -2.49. The number of fused-ring (bicyclic) bond motifs is 1. The number of nitrogens with one attached hydrogen (secondary N) is 3. The average molecular weight is 842 g/mol. The summed E-state index contributed by atoms with van der Waals surface area (Å²) in [6.07, 6.45) is -10.6. The van der Waals surface area contributed by atoms with Crippen molar-refractivity contribution in [3.63, 3.8) is 0 Å². The third-order valence-corrected chi connectivity index (χ3v) is 8.95. The van der Waals surface area contributed by atoms with Crippen LogP contribution in [0.15, 0.2) is 33.5 Å². The van der Waals surface area contributed by atoms with Gasteiger partial charge in [-0.1, -0.05) is 13.8 Å². The minimum absolute atomic E-state index is 0.0439. The third-order valence-electron chi connectivity index (χ3n) is 8.95. The summed E-state index contributed by atoms with van der Waals surface area (Å²) >= 11 is 0. The van der Waals surface area contributed by atoms with Crippen LogP contribution in [0.4, 0.5) is 13.2 Å². The van der Waals surface area contributed by atoms with Gasteiger partial charge in [0.2, 0.25) is 23.5 Å². The van der Waals surface area contributed by atoms with Crippen molar-refractivity contribution >= 4 is 63.9 Å². The monoisotopic (exact) mass is 841 g/mol. The quantitative estimate of drug-likeness (QED) is 0.0702. The normalized spacial score (nSPS) is 13.3. The van der Waals surface area contributed by atoms with E-state index in [1.807, 2.05) is 0 Å². The number of ether oxygens (including phenoxy) is 3. The second kappa shape index (κ2) is 22.7. The summed E-state index contributed by atoms with van der Waals surface area (Å²) < 4.78 is 58.6. The molecule has 0 radical (unpaired) electrons. The Labute approximate surface area is 334 Å². The molecular formula is C38H46F3N3O15. The molecule has 1 aromatic heterocycles. The van der Waals surface area contributed by atoms with Crippen LogP contribution in [0.1, 0.15) is 64.4 Å². The number of hydrogen-bond donors (Lipinski definition) is 4. The zero-order valence-electron chi connectivity index (χ0n) is 32.9. The number of ketones is 3. The summed E-state index contributed by atoms with van der Waals surface area (Å²) in [5.41, 5.74) is -0.452. The van der Waals surface area contributed by atoms with Gasteiger partial charge in [-0.15, -0.1) is 0 Å². The van der Waals surface area contributed by atoms with Gasteiger partial charge >= 0.3 is 29.7 Å². The number of amides is 3. The van der Waals surface area contributed by atoms with Crippen LogP contribution >= 0.6 is 0 Å². The highest BCUT2D eigenvalue weighted by molar-refractivity contribution is 5.98. The number of carbonyl (C=O) groups excluding carboxylic acids is 9. The highest BCUT2D eigenvalue weighted by Crippen LogP contribution is 2.27. The van der Waals surface area contributed by atoms with Gasteiger partial charge in [0.05, 0.1) is 52.7 Å². The van der Waals surface area contributed by atoms with Crippen LogP contribution in [-0.2, 0) is 63.8 Å². The lowest BCUT2D eigenvalue weighted by Gasteiger charge is -2.26. The lowest BCUT2D eigenvalue weighted by molar-refractivity contribution is -0.177. The zero-order chi connectivity index (χ0) is 44.6. The molecule has 18 nitrogen and oxygen atoms in total. The van der Waals surface area contributed by atoms with Gasteiger partial charge in [-0.25, -0.2) is 4.79 Å². The van der Waals surface area contributed by atoms with E-state index in [1.165, 1.54) is 32.0 Å². The highest BCUT2D eigenvalue weighted by atomic mass is 19.4. The number of alkyl halides is 3. The molecule has 4 atom stereocenters. The van der Waals surface area contributed by atoms with Crippen LogP contribution in [0.2, 0.25) is 0 Å². The molecule has 0 spiro atoms. The standard InChI is InChI=1S/C38H46F3N3O15/c1-19(2)35(27(47)13-22(16-32(51)57-4)36(54)38(39,40)41)44-37(55)20(6-9-31(50)56-3)12-26(46)25(18-33(52)58-5)43-29(48)10-11-42-30(49)14-21-15-34(53)59-28-17-23(45)7-8-24(21)28/h7-8,15,17,19-20,22,25,35,45H,6,9-14,16,18H2,1-5H3,(H,42,49)(H,43,48)(H,44,55)/t20?,22?,25?,35-/m1/s1. The van der Waals surface area contributed by atoms with Gasteiger partial charge < -0.3 is 39.7 Å².